The Balaban J connectivity index is 2.72. The van der Waals surface area contributed by atoms with Gasteiger partial charge in [-0.2, -0.15) is 0 Å². The first kappa shape index (κ1) is 15.5. The second kappa shape index (κ2) is 7.14. The molecule has 5 heteroatoms. The minimum atomic E-state index is -0.231. The molecule has 1 rings (SSSR count). The number of nitrogens with one attached hydrogen (secondary N) is 1. The van der Waals surface area contributed by atoms with E-state index in [4.69, 9.17) is 11.6 Å². The number of anilines is 1. The molecule has 1 N–H and O–H groups in total. The standard InChI is InChI=1S/C14H19ClN2O2/c1-10(8-15)14(19)16-13-6-4-5-12(7-13)9-17(3)11(2)18/h4-7,10H,8-9H2,1-3H3,(H,16,19). The number of benzene rings is 1. The summed E-state index contributed by atoms with van der Waals surface area (Å²) >= 11 is 5.64. The van der Waals surface area contributed by atoms with Crippen LogP contribution in [0, 0.1) is 5.92 Å². The van der Waals surface area contributed by atoms with Gasteiger partial charge < -0.3 is 10.2 Å². The van der Waals surface area contributed by atoms with E-state index < -0.39 is 0 Å². The first-order valence-electron chi connectivity index (χ1n) is 6.11. The van der Waals surface area contributed by atoms with Crippen LogP contribution in [0.2, 0.25) is 0 Å². The van der Waals surface area contributed by atoms with E-state index in [0.29, 0.717) is 12.4 Å². The lowest BCUT2D eigenvalue weighted by Gasteiger charge is -2.16. The van der Waals surface area contributed by atoms with Crippen molar-refractivity contribution in [1.82, 2.24) is 4.90 Å². The highest BCUT2D eigenvalue weighted by Crippen LogP contribution is 2.14. The molecule has 0 bridgehead atoms. The fourth-order valence-electron chi connectivity index (χ4n) is 1.47. The van der Waals surface area contributed by atoms with Crippen molar-refractivity contribution in [3.05, 3.63) is 29.8 Å². The molecule has 0 aliphatic rings. The van der Waals surface area contributed by atoms with Crippen molar-refractivity contribution in [3.63, 3.8) is 0 Å². The molecule has 0 fully saturated rings. The largest absolute Gasteiger partial charge is 0.342 e. The number of rotatable bonds is 5. The van der Waals surface area contributed by atoms with Crippen molar-refractivity contribution in [1.29, 1.82) is 0 Å². The van der Waals surface area contributed by atoms with Crippen LogP contribution in [0.3, 0.4) is 0 Å². The Bertz CT molecular complexity index is 463. The van der Waals surface area contributed by atoms with E-state index in [2.05, 4.69) is 5.32 Å². The number of hydrogen-bond acceptors (Lipinski definition) is 2. The maximum Gasteiger partial charge on any atom is 0.228 e. The Morgan fingerprint density at radius 2 is 2.11 bits per heavy atom. The van der Waals surface area contributed by atoms with Crippen molar-refractivity contribution in [2.75, 3.05) is 18.2 Å². The van der Waals surface area contributed by atoms with Crippen LogP contribution < -0.4 is 5.32 Å². The molecular formula is C14H19ClN2O2. The number of carbonyl (C=O) groups is 2. The van der Waals surface area contributed by atoms with Crippen LogP contribution in [0.4, 0.5) is 5.69 Å². The van der Waals surface area contributed by atoms with Crippen molar-refractivity contribution in [2.45, 2.75) is 20.4 Å². The third-order valence-electron chi connectivity index (χ3n) is 2.83. The van der Waals surface area contributed by atoms with Crippen LogP contribution in [-0.2, 0) is 16.1 Å². The van der Waals surface area contributed by atoms with E-state index in [0.717, 1.165) is 11.3 Å². The molecule has 1 atom stereocenters. The smallest absolute Gasteiger partial charge is 0.228 e. The summed E-state index contributed by atoms with van der Waals surface area (Å²) in [5, 5.41) is 2.81. The monoisotopic (exact) mass is 282 g/mol. The summed E-state index contributed by atoms with van der Waals surface area (Å²) in [4.78, 5) is 24.5. The Morgan fingerprint density at radius 1 is 1.42 bits per heavy atom. The maximum absolute atomic E-state index is 11.7. The van der Waals surface area contributed by atoms with E-state index in [1.54, 1.807) is 18.9 Å². The van der Waals surface area contributed by atoms with Crippen LogP contribution in [0.5, 0.6) is 0 Å². The topological polar surface area (TPSA) is 49.4 Å². The van der Waals surface area contributed by atoms with Gasteiger partial charge in [0, 0.05) is 38.0 Å². The van der Waals surface area contributed by atoms with Gasteiger partial charge in [0.05, 0.1) is 0 Å². The second-order valence-corrected chi connectivity index (χ2v) is 4.93. The third kappa shape index (κ3) is 4.91. The number of alkyl halides is 1. The van der Waals surface area contributed by atoms with Crippen LogP contribution in [-0.4, -0.2) is 29.6 Å². The van der Waals surface area contributed by atoms with Gasteiger partial charge in [0.1, 0.15) is 0 Å². The molecular weight excluding hydrogens is 264 g/mol. The number of hydrogen-bond donors (Lipinski definition) is 1. The second-order valence-electron chi connectivity index (χ2n) is 4.62. The SMILES string of the molecule is CC(=O)N(C)Cc1cccc(NC(=O)C(C)CCl)c1. The quantitative estimate of drug-likeness (QED) is 0.844. The van der Waals surface area contributed by atoms with Gasteiger partial charge in [0.15, 0.2) is 0 Å². The predicted octanol–water partition coefficient (Wildman–Crippen LogP) is 2.48. The number of carbonyl (C=O) groups excluding carboxylic acids is 2. The number of halogens is 1. The normalized spacial score (nSPS) is 11.8. The molecule has 1 aromatic rings. The summed E-state index contributed by atoms with van der Waals surface area (Å²) in [5.74, 6) is -0.0408. The van der Waals surface area contributed by atoms with Crippen LogP contribution >= 0.6 is 11.6 Å². The van der Waals surface area contributed by atoms with Gasteiger partial charge >= 0.3 is 0 Å². The van der Waals surface area contributed by atoms with Crippen molar-refractivity contribution < 1.29 is 9.59 Å². The molecule has 0 radical (unpaired) electrons. The van der Waals surface area contributed by atoms with Gasteiger partial charge in [-0.05, 0) is 17.7 Å². The molecule has 0 aliphatic heterocycles. The summed E-state index contributed by atoms with van der Waals surface area (Å²) in [6.07, 6.45) is 0. The predicted molar refractivity (Wildman–Crippen MR) is 77.1 cm³/mol. The lowest BCUT2D eigenvalue weighted by atomic mass is 10.1. The summed E-state index contributed by atoms with van der Waals surface area (Å²) in [6, 6.07) is 7.44. The zero-order valence-corrected chi connectivity index (χ0v) is 12.2. The van der Waals surface area contributed by atoms with Crippen LogP contribution in [0.15, 0.2) is 24.3 Å². The first-order chi connectivity index (χ1) is 8.93. The highest BCUT2D eigenvalue weighted by atomic mass is 35.5. The van der Waals surface area contributed by atoms with Gasteiger partial charge in [0.2, 0.25) is 11.8 Å². The molecule has 2 amide bonds. The maximum atomic E-state index is 11.7. The van der Waals surface area contributed by atoms with Crippen molar-refractivity contribution in [3.8, 4) is 0 Å². The first-order valence-corrected chi connectivity index (χ1v) is 6.65. The molecule has 0 saturated heterocycles. The lowest BCUT2D eigenvalue weighted by molar-refractivity contribution is -0.128. The fraction of sp³-hybridized carbons (Fsp3) is 0.429. The van der Waals surface area contributed by atoms with E-state index in [1.807, 2.05) is 24.3 Å². The van der Waals surface area contributed by atoms with Crippen LogP contribution in [0.1, 0.15) is 19.4 Å². The highest BCUT2D eigenvalue weighted by Gasteiger charge is 2.11. The molecule has 0 aromatic heterocycles. The highest BCUT2D eigenvalue weighted by molar-refractivity contribution is 6.19. The van der Waals surface area contributed by atoms with E-state index in [1.165, 1.54) is 6.92 Å². The minimum Gasteiger partial charge on any atom is -0.342 e. The zero-order chi connectivity index (χ0) is 14.4. The van der Waals surface area contributed by atoms with E-state index in [-0.39, 0.29) is 17.7 Å². The van der Waals surface area contributed by atoms with Gasteiger partial charge in [-0.3, -0.25) is 9.59 Å². The Morgan fingerprint density at radius 3 is 2.68 bits per heavy atom. The average molecular weight is 283 g/mol. The summed E-state index contributed by atoms with van der Waals surface area (Å²) in [5.41, 5.74) is 1.69. The molecule has 1 unspecified atom stereocenters. The van der Waals surface area contributed by atoms with Gasteiger partial charge in [-0.1, -0.05) is 19.1 Å². The van der Waals surface area contributed by atoms with E-state index >= 15 is 0 Å². The fourth-order valence-corrected chi connectivity index (χ4v) is 1.61. The van der Waals surface area contributed by atoms with Gasteiger partial charge in [-0.15, -0.1) is 11.6 Å². The molecule has 0 spiro atoms. The van der Waals surface area contributed by atoms with Crippen LogP contribution in [0.25, 0.3) is 0 Å². The molecule has 19 heavy (non-hydrogen) atoms. The third-order valence-corrected chi connectivity index (χ3v) is 3.29. The molecule has 104 valence electrons. The van der Waals surface area contributed by atoms with Gasteiger partial charge in [-0.25, -0.2) is 0 Å². The molecule has 4 nitrogen and oxygen atoms in total. The average Bonchev–Trinajstić information content (AvgIpc) is 2.37. The van der Waals surface area contributed by atoms with Crippen molar-refractivity contribution in [2.24, 2.45) is 5.92 Å². The Labute approximate surface area is 118 Å². The summed E-state index contributed by atoms with van der Waals surface area (Å²) in [7, 11) is 1.74. The molecule has 0 saturated carbocycles. The minimum absolute atomic E-state index is 0.00482. The van der Waals surface area contributed by atoms with Crippen molar-refractivity contribution >= 4 is 29.1 Å². The summed E-state index contributed by atoms with van der Waals surface area (Å²) in [6.45, 7) is 3.81. The molecule has 1 aromatic carbocycles. The zero-order valence-electron chi connectivity index (χ0n) is 11.4. The summed E-state index contributed by atoms with van der Waals surface area (Å²) < 4.78 is 0. The number of amides is 2. The molecule has 0 aliphatic carbocycles. The number of nitrogens with zero attached hydrogens (tertiary/aromatic N) is 1. The lowest BCUT2D eigenvalue weighted by Crippen LogP contribution is -2.23. The Hall–Kier alpha value is -1.55. The Kier molecular flexibility index (Phi) is 5.83. The molecule has 0 heterocycles. The van der Waals surface area contributed by atoms with E-state index in [9.17, 15) is 9.59 Å². The van der Waals surface area contributed by atoms with Gasteiger partial charge in [0.25, 0.3) is 0 Å².